The van der Waals surface area contributed by atoms with Crippen LogP contribution < -0.4 is 9.80 Å². The highest BCUT2D eigenvalue weighted by atomic mass is 15.5. The summed E-state index contributed by atoms with van der Waals surface area (Å²) in [6.07, 6.45) is 7.29. The van der Waals surface area contributed by atoms with E-state index in [1.165, 1.54) is 33.6 Å². The van der Waals surface area contributed by atoms with Crippen molar-refractivity contribution in [2.45, 2.75) is 78.8 Å². The molecule has 1 aromatic heterocycles. The topological polar surface area (TPSA) is 32.3 Å². The van der Waals surface area contributed by atoms with Gasteiger partial charge in [-0.2, -0.15) is 0 Å². The van der Waals surface area contributed by atoms with Gasteiger partial charge in [-0.25, -0.2) is 9.97 Å². The predicted molar refractivity (Wildman–Crippen MR) is 162 cm³/mol. The Kier molecular flexibility index (Phi) is 6.66. The maximum atomic E-state index is 5.39. The molecule has 4 heteroatoms. The minimum Gasteiger partial charge on any atom is -0.301 e. The van der Waals surface area contributed by atoms with E-state index in [0.29, 0.717) is 5.92 Å². The number of benzene rings is 3. The molecular formula is C35H40N4. The number of para-hydroxylation sites is 2. The summed E-state index contributed by atoms with van der Waals surface area (Å²) in [6.45, 7) is 11.5. The molecule has 200 valence electrons. The van der Waals surface area contributed by atoms with E-state index in [9.17, 15) is 0 Å². The van der Waals surface area contributed by atoms with Crippen LogP contribution in [0.3, 0.4) is 0 Å². The first-order valence-corrected chi connectivity index (χ1v) is 14.7. The molecule has 3 heterocycles. The molecule has 0 saturated heterocycles. The zero-order valence-corrected chi connectivity index (χ0v) is 24.0. The third-order valence-electron chi connectivity index (χ3n) is 9.55. The average molecular weight is 517 g/mol. The molecule has 0 bridgehead atoms. The molecule has 3 aromatic carbocycles. The van der Waals surface area contributed by atoms with Crippen molar-refractivity contribution < 1.29 is 0 Å². The van der Waals surface area contributed by atoms with Crippen LogP contribution in [-0.2, 0) is 12.8 Å². The fourth-order valence-corrected chi connectivity index (χ4v) is 7.54. The van der Waals surface area contributed by atoms with Gasteiger partial charge in [-0.15, -0.1) is 0 Å². The normalized spacial score (nSPS) is 19.0. The standard InChI is InChI=1S/C35H40N4/c1-6-30-29-19-12-13-20-31(29)39-33-32(36-23-26(37-33)21-22-28-24(4)15-14-16-25(28)5)38(27-17-10-9-11-18-27)34(39)35(30,7-2)8-3/h9-20,23,30,34H,6-8,21-22H2,1-5H3. The Morgan fingerprint density at radius 3 is 2.13 bits per heavy atom. The highest BCUT2D eigenvalue weighted by Crippen LogP contribution is 2.62. The van der Waals surface area contributed by atoms with Gasteiger partial charge in [0.05, 0.1) is 11.9 Å². The summed E-state index contributed by atoms with van der Waals surface area (Å²) >= 11 is 0. The molecule has 0 N–H and O–H groups in total. The van der Waals surface area contributed by atoms with Crippen LogP contribution in [0.4, 0.5) is 23.0 Å². The van der Waals surface area contributed by atoms with Crippen LogP contribution in [0.1, 0.15) is 73.9 Å². The van der Waals surface area contributed by atoms with Gasteiger partial charge in [0.15, 0.2) is 11.6 Å². The maximum absolute atomic E-state index is 5.39. The number of nitrogens with zero attached hydrogens (tertiary/aromatic N) is 4. The number of fused-ring (bicyclic) bond motifs is 5. The van der Waals surface area contributed by atoms with E-state index in [2.05, 4.69) is 117 Å². The number of hydrogen-bond donors (Lipinski definition) is 0. The van der Waals surface area contributed by atoms with Gasteiger partial charge in [-0.1, -0.05) is 75.4 Å². The van der Waals surface area contributed by atoms with Gasteiger partial charge >= 0.3 is 0 Å². The summed E-state index contributed by atoms with van der Waals surface area (Å²) in [5.41, 5.74) is 9.16. The summed E-state index contributed by atoms with van der Waals surface area (Å²) in [5, 5.41) is 0. The average Bonchev–Trinajstić information content (AvgIpc) is 3.32. The Hall–Kier alpha value is -3.66. The van der Waals surface area contributed by atoms with Gasteiger partial charge < -0.3 is 9.80 Å². The van der Waals surface area contributed by atoms with Crippen molar-refractivity contribution in [3.63, 3.8) is 0 Å². The summed E-state index contributed by atoms with van der Waals surface area (Å²) in [6, 6.07) is 26.4. The third kappa shape index (κ3) is 3.95. The first-order chi connectivity index (χ1) is 19.0. The minimum absolute atomic E-state index is 0.0553. The number of rotatable bonds is 7. The maximum Gasteiger partial charge on any atom is 0.178 e. The Balaban J connectivity index is 1.52. The number of aromatic nitrogens is 2. The van der Waals surface area contributed by atoms with Crippen LogP contribution in [0.15, 0.2) is 79.0 Å². The van der Waals surface area contributed by atoms with E-state index >= 15 is 0 Å². The Morgan fingerprint density at radius 2 is 1.44 bits per heavy atom. The second-order valence-corrected chi connectivity index (χ2v) is 11.3. The lowest BCUT2D eigenvalue weighted by Crippen LogP contribution is -2.57. The van der Waals surface area contributed by atoms with Gasteiger partial charge in [-0.05, 0) is 92.3 Å². The fourth-order valence-electron chi connectivity index (χ4n) is 7.54. The van der Waals surface area contributed by atoms with Crippen molar-refractivity contribution in [2.75, 3.05) is 9.80 Å². The Bertz CT molecular complexity index is 1450. The zero-order valence-electron chi connectivity index (χ0n) is 24.0. The lowest BCUT2D eigenvalue weighted by Gasteiger charge is -2.54. The molecule has 4 nitrogen and oxygen atoms in total. The highest BCUT2D eigenvalue weighted by molar-refractivity contribution is 5.86. The van der Waals surface area contributed by atoms with Gasteiger partial charge in [0.1, 0.15) is 6.17 Å². The molecular weight excluding hydrogens is 476 g/mol. The number of hydrogen-bond acceptors (Lipinski definition) is 4. The first-order valence-electron chi connectivity index (χ1n) is 14.7. The van der Waals surface area contributed by atoms with Crippen molar-refractivity contribution in [2.24, 2.45) is 5.41 Å². The van der Waals surface area contributed by atoms with E-state index in [4.69, 9.17) is 9.97 Å². The van der Waals surface area contributed by atoms with Crippen molar-refractivity contribution in [1.82, 2.24) is 9.97 Å². The molecule has 0 amide bonds. The molecule has 0 saturated carbocycles. The minimum atomic E-state index is 0.0553. The molecule has 0 radical (unpaired) electrons. The van der Waals surface area contributed by atoms with Crippen LogP contribution in [0.5, 0.6) is 0 Å². The Labute approximate surface area is 233 Å². The predicted octanol–water partition coefficient (Wildman–Crippen LogP) is 8.81. The molecule has 4 aromatic rings. The lowest BCUT2D eigenvalue weighted by molar-refractivity contribution is 0.143. The Morgan fingerprint density at radius 1 is 0.744 bits per heavy atom. The van der Waals surface area contributed by atoms with Crippen molar-refractivity contribution >= 4 is 23.0 Å². The first kappa shape index (κ1) is 25.6. The van der Waals surface area contributed by atoms with E-state index in [1.807, 2.05) is 6.20 Å². The van der Waals surface area contributed by atoms with E-state index in [-0.39, 0.29) is 11.6 Å². The molecule has 0 fully saturated rings. The smallest absolute Gasteiger partial charge is 0.178 e. The fraction of sp³-hybridized carbons (Fsp3) is 0.371. The van der Waals surface area contributed by atoms with Gasteiger partial charge in [0.25, 0.3) is 0 Å². The summed E-state index contributed by atoms with van der Waals surface area (Å²) < 4.78 is 0. The molecule has 2 unspecified atom stereocenters. The molecule has 6 rings (SSSR count). The van der Waals surface area contributed by atoms with Gasteiger partial charge in [0.2, 0.25) is 0 Å². The molecule has 2 aliphatic heterocycles. The molecule has 0 spiro atoms. The monoisotopic (exact) mass is 516 g/mol. The van der Waals surface area contributed by atoms with Crippen molar-refractivity contribution in [3.05, 3.63) is 107 Å². The summed E-state index contributed by atoms with van der Waals surface area (Å²) in [5.74, 6) is 2.44. The number of aryl methyl sites for hydroxylation is 3. The highest BCUT2D eigenvalue weighted by Gasteiger charge is 2.57. The van der Waals surface area contributed by atoms with Crippen LogP contribution in [-0.4, -0.2) is 16.1 Å². The van der Waals surface area contributed by atoms with E-state index in [1.54, 1.807) is 0 Å². The SMILES string of the molecule is CCC1c2ccccc2N2c3nc(CCc4c(C)cccc4C)cnc3N(c3ccccc3)C2C1(CC)CC. The third-order valence-corrected chi connectivity index (χ3v) is 9.55. The second-order valence-electron chi connectivity index (χ2n) is 11.3. The van der Waals surface area contributed by atoms with Gasteiger partial charge in [-0.3, -0.25) is 0 Å². The van der Waals surface area contributed by atoms with Crippen LogP contribution in [0.25, 0.3) is 0 Å². The summed E-state index contributed by atoms with van der Waals surface area (Å²) in [7, 11) is 0. The molecule has 2 aliphatic rings. The molecule has 0 aliphatic carbocycles. The number of anilines is 4. The van der Waals surface area contributed by atoms with E-state index < -0.39 is 0 Å². The largest absolute Gasteiger partial charge is 0.301 e. The zero-order chi connectivity index (χ0) is 27.1. The molecule has 2 atom stereocenters. The summed E-state index contributed by atoms with van der Waals surface area (Å²) in [4.78, 5) is 15.6. The van der Waals surface area contributed by atoms with Gasteiger partial charge in [0, 0.05) is 16.8 Å². The van der Waals surface area contributed by atoms with E-state index in [0.717, 1.165) is 49.4 Å². The lowest BCUT2D eigenvalue weighted by atomic mass is 9.62. The van der Waals surface area contributed by atoms with Crippen molar-refractivity contribution in [1.29, 1.82) is 0 Å². The quantitative estimate of drug-likeness (QED) is 0.246. The van der Waals surface area contributed by atoms with Crippen LogP contribution >= 0.6 is 0 Å². The molecule has 39 heavy (non-hydrogen) atoms. The van der Waals surface area contributed by atoms with Crippen molar-refractivity contribution in [3.8, 4) is 0 Å². The second kappa shape index (κ2) is 10.1. The van der Waals surface area contributed by atoms with Crippen LogP contribution in [0.2, 0.25) is 0 Å². The van der Waals surface area contributed by atoms with Crippen LogP contribution in [0, 0.1) is 19.3 Å².